The van der Waals surface area contributed by atoms with Gasteiger partial charge in [-0.3, -0.25) is 9.59 Å². The molecule has 3 fully saturated rings. The largest absolute Gasteiger partial charge is 0.389 e. The summed E-state index contributed by atoms with van der Waals surface area (Å²) in [5.41, 5.74) is 0.174. The zero-order valence-electron chi connectivity index (χ0n) is 16.4. The third kappa shape index (κ3) is 2.23. The Labute approximate surface area is 170 Å². The number of hydrogen-bond donors (Lipinski definition) is 3. The fourth-order valence-electron chi connectivity index (χ4n) is 7.38. The van der Waals surface area contributed by atoms with Gasteiger partial charge in [-0.25, -0.2) is 0 Å². The maximum atomic E-state index is 13.4. The van der Waals surface area contributed by atoms with Crippen molar-refractivity contribution in [3.05, 3.63) is 36.0 Å². The van der Waals surface area contributed by atoms with Crippen molar-refractivity contribution in [2.75, 3.05) is 13.2 Å². The number of rotatable bonds is 4. The normalized spacial score (nSPS) is 42.7. The smallest absolute Gasteiger partial charge is 0.225 e. The number of aliphatic hydroxyl groups is 2. The summed E-state index contributed by atoms with van der Waals surface area (Å²) in [6.45, 7) is 3.59. The Hall–Kier alpha value is -2.23. The van der Waals surface area contributed by atoms with Crippen LogP contribution in [-0.2, 0) is 9.59 Å². The molecule has 3 N–H and O–H groups in total. The van der Waals surface area contributed by atoms with E-state index in [0.717, 1.165) is 12.0 Å². The molecule has 0 radical (unpaired) electrons. The number of nitriles is 1. The second kappa shape index (κ2) is 5.90. The van der Waals surface area contributed by atoms with Crippen molar-refractivity contribution in [3.63, 3.8) is 0 Å². The molecule has 29 heavy (non-hydrogen) atoms. The molecule has 2 spiro atoms. The van der Waals surface area contributed by atoms with Crippen LogP contribution in [0.5, 0.6) is 0 Å². The molecule has 2 bridgehead atoms. The average molecular weight is 394 g/mol. The Bertz CT molecular complexity index is 922. The number of fused-ring (bicyclic) bond motifs is 4. The van der Waals surface area contributed by atoms with Crippen LogP contribution >= 0.6 is 0 Å². The van der Waals surface area contributed by atoms with Crippen LogP contribution < -0.4 is 5.32 Å². The number of hydrogen-bond acceptors (Lipinski definition) is 5. The highest BCUT2D eigenvalue weighted by atomic mass is 16.3. The number of carbonyl (C=O) groups excluding carboxylic acids is 2. The minimum atomic E-state index is -0.928. The quantitative estimate of drug-likeness (QED) is 0.493. The highest BCUT2D eigenvalue weighted by molar-refractivity contribution is 5.87. The molecule has 5 rings (SSSR count). The fourth-order valence-corrected chi connectivity index (χ4v) is 7.38. The van der Waals surface area contributed by atoms with E-state index in [-0.39, 0.29) is 36.0 Å². The fraction of sp³-hybridized carbons (Fsp3) is 0.609. The van der Waals surface area contributed by atoms with Crippen LogP contribution in [-0.4, -0.2) is 40.7 Å². The second-order valence-corrected chi connectivity index (χ2v) is 9.59. The van der Waals surface area contributed by atoms with Crippen LogP contribution in [0.25, 0.3) is 0 Å². The second-order valence-electron chi connectivity index (χ2n) is 9.59. The molecule has 0 aromatic carbocycles. The Morgan fingerprint density at radius 1 is 1.38 bits per heavy atom. The van der Waals surface area contributed by atoms with E-state index in [1.165, 1.54) is 5.57 Å². The van der Waals surface area contributed by atoms with Gasteiger partial charge in [0.15, 0.2) is 5.78 Å². The van der Waals surface area contributed by atoms with E-state index in [1.54, 1.807) is 0 Å². The summed E-state index contributed by atoms with van der Waals surface area (Å²) in [5.74, 6) is -1.13. The minimum Gasteiger partial charge on any atom is -0.389 e. The molecule has 1 amide bonds. The van der Waals surface area contributed by atoms with Gasteiger partial charge in [-0.15, -0.1) is 0 Å². The van der Waals surface area contributed by atoms with Gasteiger partial charge in [0.1, 0.15) is 13.2 Å². The lowest BCUT2D eigenvalue weighted by molar-refractivity contribution is -0.136. The van der Waals surface area contributed by atoms with Gasteiger partial charge in [0.25, 0.3) is 0 Å². The van der Waals surface area contributed by atoms with Gasteiger partial charge in [0, 0.05) is 17.3 Å². The Kier molecular flexibility index (Phi) is 3.82. The maximum absolute atomic E-state index is 13.4. The summed E-state index contributed by atoms with van der Waals surface area (Å²) < 4.78 is 0. The van der Waals surface area contributed by atoms with E-state index in [0.29, 0.717) is 25.7 Å². The zero-order chi connectivity index (χ0) is 20.6. The Balaban J connectivity index is 1.63. The van der Waals surface area contributed by atoms with E-state index in [2.05, 4.69) is 18.0 Å². The van der Waals surface area contributed by atoms with Crippen LogP contribution in [0, 0.1) is 45.8 Å². The van der Waals surface area contributed by atoms with E-state index in [1.807, 2.05) is 18.2 Å². The molecule has 6 unspecified atom stereocenters. The third-order valence-corrected chi connectivity index (χ3v) is 8.53. The van der Waals surface area contributed by atoms with Gasteiger partial charge in [0.2, 0.25) is 5.91 Å². The van der Waals surface area contributed by atoms with Crippen molar-refractivity contribution >= 4 is 11.7 Å². The van der Waals surface area contributed by atoms with Gasteiger partial charge in [-0.1, -0.05) is 30.4 Å². The number of amides is 1. The van der Waals surface area contributed by atoms with Crippen LogP contribution in [0.15, 0.2) is 36.0 Å². The monoisotopic (exact) mass is 394 g/mol. The van der Waals surface area contributed by atoms with Crippen LogP contribution in [0.2, 0.25) is 0 Å². The molecular weight excluding hydrogens is 368 g/mol. The van der Waals surface area contributed by atoms with E-state index >= 15 is 0 Å². The molecule has 6 nitrogen and oxygen atoms in total. The van der Waals surface area contributed by atoms with Crippen LogP contribution in [0.4, 0.5) is 0 Å². The first-order valence-electron chi connectivity index (χ1n) is 10.4. The van der Waals surface area contributed by atoms with E-state index in [9.17, 15) is 19.8 Å². The van der Waals surface area contributed by atoms with Crippen LogP contribution in [0.3, 0.4) is 0 Å². The van der Waals surface area contributed by atoms with Crippen molar-refractivity contribution in [1.29, 1.82) is 5.26 Å². The molecule has 6 atom stereocenters. The summed E-state index contributed by atoms with van der Waals surface area (Å²) in [4.78, 5) is 25.9. The molecule has 0 aromatic rings. The van der Waals surface area contributed by atoms with Crippen molar-refractivity contribution in [3.8, 4) is 6.07 Å². The number of allylic oxidation sites excluding steroid dienone is 4. The minimum absolute atomic E-state index is 0.0630. The number of nitrogens with zero attached hydrogens (tertiary/aromatic N) is 1. The van der Waals surface area contributed by atoms with Gasteiger partial charge >= 0.3 is 0 Å². The first-order valence-corrected chi connectivity index (χ1v) is 10.4. The number of aliphatic hydroxyl groups excluding tert-OH is 1. The number of nitrogens with one attached hydrogen (secondary N) is 1. The van der Waals surface area contributed by atoms with Crippen molar-refractivity contribution < 1.29 is 19.8 Å². The number of carbonyl (C=O) groups is 2. The Morgan fingerprint density at radius 3 is 2.79 bits per heavy atom. The lowest BCUT2D eigenvalue weighted by Crippen LogP contribution is -2.48. The van der Waals surface area contributed by atoms with Crippen molar-refractivity contribution in [1.82, 2.24) is 5.32 Å². The standard InChI is InChI=1S/C23H26N2O4/c1-13-10-22-12-23(13,29)5-4-15(22)14-2-3-16(17(27)11-26)21(6-7-21)18(14)19(22)20(28)25-9-8-24/h2,6-7,15-16,18-19,26,29H,1,3-5,9-12H2,(H,25,28). The highest BCUT2D eigenvalue weighted by Gasteiger charge is 2.73. The molecule has 0 aliphatic heterocycles. The van der Waals surface area contributed by atoms with Crippen molar-refractivity contribution in [2.45, 2.75) is 37.7 Å². The molecule has 5 aliphatic rings. The lowest BCUT2D eigenvalue weighted by Gasteiger charge is -2.42. The highest BCUT2D eigenvalue weighted by Crippen LogP contribution is 2.75. The maximum Gasteiger partial charge on any atom is 0.225 e. The third-order valence-electron chi connectivity index (χ3n) is 8.53. The van der Waals surface area contributed by atoms with Gasteiger partial charge < -0.3 is 15.5 Å². The lowest BCUT2D eigenvalue weighted by atomic mass is 9.61. The molecule has 6 heteroatoms. The van der Waals surface area contributed by atoms with E-state index < -0.39 is 29.0 Å². The topological polar surface area (TPSA) is 110 Å². The molecular formula is C23H26N2O4. The van der Waals surface area contributed by atoms with Gasteiger partial charge in [0.05, 0.1) is 17.6 Å². The van der Waals surface area contributed by atoms with Crippen molar-refractivity contribution in [2.24, 2.45) is 34.5 Å². The summed E-state index contributed by atoms with van der Waals surface area (Å²) in [7, 11) is 0. The molecule has 5 aliphatic carbocycles. The first kappa shape index (κ1) is 18.8. The molecule has 3 saturated carbocycles. The predicted octanol–water partition coefficient (Wildman–Crippen LogP) is 1.41. The zero-order valence-corrected chi connectivity index (χ0v) is 16.4. The molecule has 0 aromatic heterocycles. The predicted molar refractivity (Wildman–Crippen MR) is 104 cm³/mol. The number of ketones is 1. The summed E-state index contributed by atoms with van der Waals surface area (Å²) in [6, 6.07) is 1.98. The van der Waals surface area contributed by atoms with Gasteiger partial charge in [-0.2, -0.15) is 5.26 Å². The molecule has 152 valence electrons. The molecule has 0 heterocycles. The summed E-state index contributed by atoms with van der Waals surface area (Å²) in [6.07, 6.45) is 9.31. The Morgan fingerprint density at radius 2 is 2.14 bits per heavy atom. The first-order chi connectivity index (χ1) is 13.8. The summed E-state index contributed by atoms with van der Waals surface area (Å²) >= 11 is 0. The van der Waals surface area contributed by atoms with E-state index in [4.69, 9.17) is 5.26 Å². The average Bonchev–Trinajstić information content (AvgIpc) is 3.37. The van der Waals surface area contributed by atoms with Gasteiger partial charge in [-0.05, 0) is 49.0 Å². The SMILES string of the molecule is C=C1CC23CC1(O)CCC2C1=CCC(C(=O)CO)C2(C=C2)C1C3C(=O)NCC#N. The summed E-state index contributed by atoms with van der Waals surface area (Å²) in [5, 5.41) is 32.4. The number of Topliss-reactive ketones (excluding diaryl/α,β-unsaturated/α-hetero) is 1. The van der Waals surface area contributed by atoms with Crippen LogP contribution in [0.1, 0.15) is 32.1 Å². The molecule has 0 saturated heterocycles.